The molecule has 0 atom stereocenters. The topological polar surface area (TPSA) is 58.5 Å². The van der Waals surface area contributed by atoms with E-state index in [0.717, 1.165) is 11.5 Å². The first-order valence-electron chi connectivity index (χ1n) is 8.58. The van der Waals surface area contributed by atoms with Crippen molar-refractivity contribution in [2.75, 3.05) is 7.05 Å². The summed E-state index contributed by atoms with van der Waals surface area (Å²) in [5.41, 5.74) is 1.01. The van der Waals surface area contributed by atoms with Gasteiger partial charge in [0.05, 0.1) is 0 Å². The highest BCUT2D eigenvalue weighted by atomic mass is 127. The summed E-state index contributed by atoms with van der Waals surface area (Å²) >= 11 is 0. The average molecular weight is 470 g/mol. The van der Waals surface area contributed by atoms with E-state index < -0.39 is 0 Å². The van der Waals surface area contributed by atoms with Crippen molar-refractivity contribution in [1.82, 2.24) is 15.6 Å². The Labute approximate surface area is 170 Å². The van der Waals surface area contributed by atoms with Crippen LogP contribution in [-0.4, -0.2) is 24.0 Å². The minimum atomic E-state index is -0.334. The predicted octanol–water partition coefficient (Wildman–Crippen LogP) is 4.24. The molecule has 0 amide bonds. The normalized spacial score (nSPS) is 14.6. The molecule has 140 valence electrons. The fourth-order valence-corrected chi connectivity index (χ4v) is 2.87. The number of aromatic nitrogens is 1. The minimum Gasteiger partial charge on any atom is -0.439 e. The molecule has 1 aliphatic carbocycles. The zero-order valence-corrected chi connectivity index (χ0v) is 17.1. The molecule has 0 radical (unpaired) electrons. The fraction of sp³-hybridized carbons (Fsp3) is 0.368. The van der Waals surface area contributed by atoms with Crippen molar-refractivity contribution >= 4 is 29.9 Å². The van der Waals surface area contributed by atoms with Crippen molar-refractivity contribution in [1.29, 1.82) is 0 Å². The molecule has 0 aliphatic heterocycles. The highest BCUT2D eigenvalue weighted by molar-refractivity contribution is 14.0. The van der Waals surface area contributed by atoms with Crippen LogP contribution in [0.25, 0.3) is 0 Å². The van der Waals surface area contributed by atoms with E-state index in [1.807, 2.05) is 6.07 Å². The maximum atomic E-state index is 13.2. The van der Waals surface area contributed by atoms with Gasteiger partial charge in [0, 0.05) is 38.0 Å². The number of nitrogens with zero attached hydrogens (tertiary/aromatic N) is 2. The summed E-state index contributed by atoms with van der Waals surface area (Å²) in [5.74, 6) is 1.34. The maximum Gasteiger partial charge on any atom is 0.219 e. The van der Waals surface area contributed by atoms with Crippen LogP contribution in [0.2, 0.25) is 0 Å². The summed E-state index contributed by atoms with van der Waals surface area (Å²) in [6.07, 6.45) is 6.71. The largest absolute Gasteiger partial charge is 0.439 e. The summed E-state index contributed by atoms with van der Waals surface area (Å²) in [4.78, 5) is 8.53. The first kappa shape index (κ1) is 20.4. The van der Waals surface area contributed by atoms with E-state index in [-0.39, 0.29) is 29.8 Å². The van der Waals surface area contributed by atoms with Crippen molar-refractivity contribution in [2.24, 2.45) is 4.99 Å². The van der Waals surface area contributed by atoms with Gasteiger partial charge in [-0.1, -0.05) is 25.0 Å². The molecule has 0 saturated heterocycles. The number of halogens is 2. The summed E-state index contributed by atoms with van der Waals surface area (Å²) < 4.78 is 18.7. The molecule has 26 heavy (non-hydrogen) atoms. The second-order valence-electron chi connectivity index (χ2n) is 6.12. The van der Waals surface area contributed by atoms with Gasteiger partial charge in [-0.15, -0.1) is 24.0 Å². The van der Waals surface area contributed by atoms with E-state index in [1.165, 1.54) is 37.8 Å². The number of pyridine rings is 1. The lowest BCUT2D eigenvalue weighted by Crippen LogP contribution is -2.41. The van der Waals surface area contributed by atoms with Crippen LogP contribution >= 0.6 is 24.0 Å². The summed E-state index contributed by atoms with van der Waals surface area (Å²) in [6.45, 7) is 0.625. The van der Waals surface area contributed by atoms with Crippen molar-refractivity contribution < 1.29 is 9.13 Å². The Kier molecular flexibility index (Phi) is 8.08. The van der Waals surface area contributed by atoms with Crippen molar-refractivity contribution in [3.05, 3.63) is 54.0 Å². The molecule has 0 spiro atoms. The van der Waals surface area contributed by atoms with Gasteiger partial charge in [-0.05, 0) is 30.5 Å². The number of benzene rings is 1. The summed E-state index contributed by atoms with van der Waals surface area (Å²) in [7, 11) is 1.78. The summed E-state index contributed by atoms with van der Waals surface area (Å²) in [5, 5.41) is 6.74. The Balaban J connectivity index is 0.00000243. The number of hydrogen-bond acceptors (Lipinski definition) is 3. The summed E-state index contributed by atoms with van der Waals surface area (Å²) in [6, 6.07) is 10.2. The van der Waals surface area contributed by atoms with Crippen LogP contribution in [0.15, 0.2) is 47.6 Å². The first-order chi connectivity index (χ1) is 12.2. The molecule has 2 N–H and O–H groups in total. The van der Waals surface area contributed by atoms with E-state index in [2.05, 4.69) is 20.6 Å². The van der Waals surface area contributed by atoms with Crippen LogP contribution in [0.3, 0.4) is 0 Å². The zero-order chi connectivity index (χ0) is 17.5. The number of rotatable bonds is 5. The molecule has 1 aromatic heterocycles. The molecule has 0 unspecified atom stereocenters. The SMILES string of the molecule is CN=C(NCc1ccc(Oc2cccc(F)c2)nc1)NC1CCCC1.I. The Bertz CT molecular complexity index is 718. The highest BCUT2D eigenvalue weighted by Crippen LogP contribution is 2.20. The van der Waals surface area contributed by atoms with Gasteiger partial charge < -0.3 is 15.4 Å². The second kappa shape index (κ2) is 10.3. The number of hydrogen-bond donors (Lipinski definition) is 2. The van der Waals surface area contributed by atoms with Crippen LogP contribution in [0, 0.1) is 5.82 Å². The number of ether oxygens (including phenoxy) is 1. The van der Waals surface area contributed by atoms with E-state index in [4.69, 9.17) is 4.74 Å². The van der Waals surface area contributed by atoms with Crippen molar-refractivity contribution in [3.63, 3.8) is 0 Å². The second-order valence-corrected chi connectivity index (χ2v) is 6.12. The van der Waals surface area contributed by atoms with Crippen LogP contribution < -0.4 is 15.4 Å². The third-order valence-corrected chi connectivity index (χ3v) is 4.20. The third kappa shape index (κ3) is 6.12. The number of guanidine groups is 1. The van der Waals surface area contributed by atoms with Crippen LogP contribution in [-0.2, 0) is 6.54 Å². The standard InChI is InChI=1S/C19H23FN4O.HI/c1-21-19(24-16-6-2-3-7-16)23-13-14-9-10-18(22-12-14)25-17-8-4-5-15(20)11-17;/h4-5,8-12,16H,2-3,6-7,13H2,1H3,(H2,21,23,24);1H. The molecular formula is C19H24FIN4O. The van der Waals surface area contributed by atoms with Gasteiger partial charge in [0.15, 0.2) is 5.96 Å². The van der Waals surface area contributed by atoms with Gasteiger partial charge >= 0.3 is 0 Å². The number of aliphatic imine (C=N–C) groups is 1. The predicted molar refractivity (Wildman–Crippen MR) is 112 cm³/mol. The van der Waals surface area contributed by atoms with Crippen molar-refractivity contribution in [2.45, 2.75) is 38.3 Å². The Hall–Kier alpha value is -1.90. The average Bonchev–Trinajstić information content (AvgIpc) is 3.13. The van der Waals surface area contributed by atoms with Crippen LogP contribution in [0.1, 0.15) is 31.2 Å². The van der Waals surface area contributed by atoms with E-state index >= 15 is 0 Å². The molecule has 1 aliphatic rings. The van der Waals surface area contributed by atoms with Crippen molar-refractivity contribution in [3.8, 4) is 11.6 Å². The number of nitrogens with one attached hydrogen (secondary N) is 2. The van der Waals surface area contributed by atoms with Crippen LogP contribution in [0.4, 0.5) is 4.39 Å². The molecule has 3 rings (SSSR count). The molecule has 2 aromatic rings. The van der Waals surface area contributed by atoms with Crippen LogP contribution in [0.5, 0.6) is 11.6 Å². The highest BCUT2D eigenvalue weighted by Gasteiger charge is 2.15. The Morgan fingerprint density at radius 2 is 2.08 bits per heavy atom. The Morgan fingerprint density at radius 3 is 2.73 bits per heavy atom. The third-order valence-electron chi connectivity index (χ3n) is 4.20. The molecule has 1 heterocycles. The lowest BCUT2D eigenvalue weighted by Gasteiger charge is -2.16. The maximum absolute atomic E-state index is 13.2. The molecule has 0 bridgehead atoms. The lowest BCUT2D eigenvalue weighted by molar-refractivity contribution is 0.457. The molecular weight excluding hydrogens is 446 g/mol. The molecule has 1 fully saturated rings. The molecule has 5 nitrogen and oxygen atoms in total. The molecule has 7 heteroatoms. The molecule has 1 saturated carbocycles. The van der Waals surface area contributed by atoms with E-state index in [1.54, 1.807) is 31.4 Å². The van der Waals surface area contributed by atoms with E-state index in [0.29, 0.717) is 24.2 Å². The quantitative estimate of drug-likeness (QED) is 0.390. The van der Waals surface area contributed by atoms with Gasteiger partial charge in [-0.3, -0.25) is 4.99 Å². The first-order valence-corrected chi connectivity index (χ1v) is 8.58. The van der Waals surface area contributed by atoms with E-state index in [9.17, 15) is 4.39 Å². The van der Waals surface area contributed by atoms with Gasteiger partial charge in [0.2, 0.25) is 5.88 Å². The lowest BCUT2D eigenvalue weighted by atomic mass is 10.2. The zero-order valence-electron chi connectivity index (χ0n) is 14.7. The minimum absolute atomic E-state index is 0. The van der Waals surface area contributed by atoms with Gasteiger partial charge in [0.25, 0.3) is 0 Å². The van der Waals surface area contributed by atoms with Gasteiger partial charge in [-0.25, -0.2) is 9.37 Å². The fourth-order valence-electron chi connectivity index (χ4n) is 2.87. The Morgan fingerprint density at radius 1 is 1.27 bits per heavy atom. The monoisotopic (exact) mass is 470 g/mol. The van der Waals surface area contributed by atoms with Gasteiger partial charge in [0.1, 0.15) is 11.6 Å². The smallest absolute Gasteiger partial charge is 0.219 e. The van der Waals surface area contributed by atoms with Gasteiger partial charge in [-0.2, -0.15) is 0 Å². The molecule has 1 aromatic carbocycles.